The molecule has 0 spiro atoms. The zero-order valence-electron chi connectivity index (χ0n) is 18.9. The molecule has 1 atom stereocenters. The van der Waals surface area contributed by atoms with Gasteiger partial charge in [-0.25, -0.2) is 12.8 Å². The van der Waals surface area contributed by atoms with Crippen molar-refractivity contribution in [2.75, 3.05) is 13.1 Å². The Labute approximate surface area is 200 Å². The summed E-state index contributed by atoms with van der Waals surface area (Å²) in [6.45, 7) is 0.523. The van der Waals surface area contributed by atoms with Crippen LogP contribution in [0.5, 0.6) is 0 Å². The van der Waals surface area contributed by atoms with E-state index in [1.54, 1.807) is 0 Å². The standard InChI is InChI=1S/C27H29FN2O3S/c28-24-12-14-25(15-13-24)34(32,33)30-19-17-23(18-20-30)27(31)29-26(22-9-5-2-6-10-22)16-11-21-7-3-1-4-8-21/h1-10,12-15,23,26H,11,16-20H2,(H,29,31). The van der Waals surface area contributed by atoms with Crippen LogP contribution >= 0.6 is 0 Å². The number of hydrogen-bond acceptors (Lipinski definition) is 3. The van der Waals surface area contributed by atoms with Gasteiger partial charge in [-0.1, -0.05) is 60.7 Å². The Morgan fingerprint density at radius 3 is 2.12 bits per heavy atom. The van der Waals surface area contributed by atoms with Gasteiger partial charge in [0.25, 0.3) is 0 Å². The predicted octanol–water partition coefficient (Wildman–Crippen LogP) is 4.72. The summed E-state index contributed by atoms with van der Waals surface area (Å²) in [7, 11) is -3.70. The molecule has 1 heterocycles. The molecule has 7 heteroatoms. The number of benzene rings is 3. The normalized spacial score (nSPS) is 16.1. The third kappa shape index (κ3) is 5.90. The maximum absolute atomic E-state index is 13.2. The van der Waals surface area contributed by atoms with Crippen molar-refractivity contribution in [2.45, 2.75) is 36.6 Å². The molecule has 1 aliphatic rings. The molecule has 0 saturated carbocycles. The maximum Gasteiger partial charge on any atom is 0.243 e. The fraction of sp³-hybridized carbons (Fsp3) is 0.296. The lowest BCUT2D eigenvalue weighted by molar-refractivity contribution is -0.127. The minimum atomic E-state index is -3.70. The molecule has 34 heavy (non-hydrogen) atoms. The van der Waals surface area contributed by atoms with E-state index in [2.05, 4.69) is 17.4 Å². The zero-order valence-corrected chi connectivity index (χ0v) is 19.8. The molecule has 0 aromatic heterocycles. The van der Waals surface area contributed by atoms with Crippen LogP contribution in [0.15, 0.2) is 89.8 Å². The summed E-state index contributed by atoms with van der Waals surface area (Å²) in [5.74, 6) is -0.766. The van der Waals surface area contributed by atoms with E-state index in [0.717, 1.165) is 30.5 Å². The third-order valence-electron chi connectivity index (χ3n) is 6.36. The van der Waals surface area contributed by atoms with E-state index in [0.29, 0.717) is 12.8 Å². The van der Waals surface area contributed by atoms with Crippen LogP contribution in [0.4, 0.5) is 4.39 Å². The number of nitrogens with one attached hydrogen (secondary N) is 1. The molecule has 1 N–H and O–H groups in total. The van der Waals surface area contributed by atoms with E-state index in [9.17, 15) is 17.6 Å². The first-order valence-corrected chi connectivity index (χ1v) is 13.0. The van der Waals surface area contributed by atoms with Crippen LogP contribution in [0.2, 0.25) is 0 Å². The van der Waals surface area contributed by atoms with Crippen molar-refractivity contribution in [3.8, 4) is 0 Å². The highest BCUT2D eigenvalue weighted by Crippen LogP contribution is 2.26. The quantitative estimate of drug-likeness (QED) is 0.508. The zero-order chi connectivity index (χ0) is 24.0. The molecule has 178 valence electrons. The van der Waals surface area contributed by atoms with Crippen molar-refractivity contribution in [1.82, 2.24) is 9.62 Å². The number of carbonyl (C=O) groups is 1. The van der Waals surface area contributed by atoms with Crippen LogP contribution in [0.1, 0.15) is 36.4 Å². The monoisotopic (exact) mass is 480 g/mol. The van der Waals surface area contributed by atoms with Gasteiger partial charge in [0.1, 0.15) is 5.82 Å². The molecule has 3 aromatic rings. The van der Waals surface area contributed by atoms with Gasteiger partial charge < -0.3 is 5.32 Å². The topological polar surface area (TPSA) is 66.5 Å². The maximum atomic E-state index is 13.2. The first kappa shape index (κ1) is 24.1. The Morgan fingerprint density at radius 2 is 1.50 bits per heavy atom. The number of carbonyl (C=O) groups excluding carboxylic acids is 1. The summed E-state index contributed by atoms with van der Waals surface area (Å²) in [4.78, 5) is 13.2. The Balaban J connectivity index is 1.38. The van der Waals surface area contributed by atoms with Gasteiger partial charge in [-0.3, -0.25) is 4.79 Å². The van der Waals surface area contributed by atoms with Crippen LogP contribution in [0.25, 0.3) is 0 Å². The lowest BCUT2D eigenvalue weighted by Gasteiger charge is -2.31. The summed E-state index contributed by atoms with van der Waals surface area (Å²) in [6, 6.07) is 24.8. The number of nitrogens with zero attached hydrogens (tertiary/aromatic N) is 1. The molecule has 4 rings (SSSR count). The molecular weight excluding hydrogens is 451 g/mol. The van der Waals surface area contributed by atoms with Crippen LogP contribution < -0.4 is 5.32 Å². The number of sulfonamides is 1. The molecule has 0 aliphatic carbocycles. The fourth-order valence-corrected chi connectivity index (χ4v) is 5.84. The number of amides is 1. The first-order chi connectivity index (χ1) is 16.4. The summed E-state index contributed by atoms with van der Waals surface area (Å²) in [5, 5.41) is 3.22. The highest BCUT2D eigenvalue weighted by molar-refractivity contribution is 7.89. The molecule has 1 aliphatic heterocycles. The molecule has 5 nitrogen and oxygen atoms in total. The van der Waals surface area contributed by atoms with Crippen molar-refractivity contribution in [3.63, 3.8) is 0 Å². The van der Waals surface area contributed by atoms with E-state index in [1.807, 2.05) is 48.5 Å². The summed E-state index contributed by atoms with van der Waals surface area (Å²) < 4.78 is 40.3. The van der Waals surface area contributed by atoms with Crippen molar-refractivity contribution < 1.29 is 17.6 Å². The van der Waals surface area contributed by atoms with E-state index >= 15 is 0 Å². The molecule has 1 saturated heterocycles. The van der Waals surface area contributed by atoms with Crippen LogP contribution in [-0.2, 0) is 21.2 Å². The largest absolute Gasteiger partial charge is 0.349 e. The SMILES string of the molecule is O=C(NC(CCc1ccccc1)c1ccccc1)C1CCN(S(=O)(=O)c2ccc(F)cc2)CC1. The van der Waals surface area contributed by atoms with Gasteiger partial charge in [-0.2, -0.15) is 4.31 Å². The summed E-state index contributed by atoms with van der Waals surface area (Å²) >= 11 is 0. The molecular formula is C27H29FN2O3S. The average molecular weight is 481 g/mol. The second kappa shape index (κ2) is 10.9. The molecule has 1 unspecified atom stereocenters. The smallest absolute Gasteiger partial charge is 0.243 e. The lowest BCUT2D eigenvalue weighted by Crippen LogP contribution is -2.43. The van der Waals surface area contributed by atoms with Gasteiger partial charge in [-0.15, -0.1) is 0 Å². The van der Waals surface area contributed by atoms with Gasteiger partial charge >= 0.3 is 0 Å². The van der Waals surface area contributed by atoms with Gasteiger partial charge in [0.05, 0.1) is 10.9 Å². The highest BCUT2D eigenvalue weighted by atomic mass is 32.2. The molecule has 0 bridgehead atoms. The van der Waals surface area contributed by atoms with Crippen LogP contribution in [-0.4, -0.2) is 31.7 Å². The van der Waals surface area contributed by atoms with E-state index < -0.39 is 15.8 Å². The van der Waals surface area contributed by atoms with Gasteiger partial charge in [0, 0.05) is 19.0 Å². The lowest BCUT2D eigenvalue weighted by atomic mass is 9.94. The molecule has 1 amide bonds. The number of halogens is 1. The Bertz CT molecular complexity index is 1180. The second-order valence-electron chi connectivity index (χ2n) is 8.63. The second-order valence-corrected chi connectivity index (χ2v) is 10.6. The van der Waals surface area contributed by atoms with E-state index in [1.165, 1.54) is 22.0 Å². The fourth-order valence-electron chi connectivity index (χ4n) is 4.37. The van der Waals surface area contributed by atoms with E-state index in [-0.39, 0.29) is 35.9 Å². The van der Waals surface area contributed by atoms with E-state index in [4.69, 9.17) is 0 Å². The Hall–Kier alpha value is -3.03. The van der Waals surface area contributed by atoms with Crippen LogP contribution in [0.3, 0.4) is 0 Å². The number of piperidine rings is 1. The molecule has 1 fully saturated rings. The van der Waals surface area contributed by atoms with Crippen LogP contribution in [0, 0.1) is 11.7 Å². The van der Waals surface area contributed by atoms with Crippen molar-refractivity contribution in [3.05, 3.63) is 102 Å². The van der Waals surface area contributed by atoms with Gasteiger partial charge in [0.15, 0.2) is 0 Å². The minimum Gasteiger partial charge on any atom is -0.349 e. The number of aryl methyl sites for hydroxylation is 1. The molecule has 3 aromatic carbocycles. The van der Waals surface area contributed by atoms with Crippen molar-refractivity contribution >= 4 is 15.9 Å². The van der Waals surface area contributed by atoms with Gasteiger partial charge in [0.2, 0.25) is 15.9 Å². The third-order valence-corrected chi connectivity index (χ3v) is 8.27. The summed E-state index contributed by atoms with van der Waals surface area (Å²) in [5.41, 5.74) is 2.28. The first-order valence-electron chi connectivity index (χ1n) is 11.6. The number of rotatable bonds is 8. The predicted molar refractivity (Wildman–Crippen MR) is 130 cm³/mol. The Kier molecular flexibility index (Phi) is 7.75. The molecule has 0 radical (unpaired) electrons. The number of hydrogen-bond donors (Lipinski definition) is 1. The van der Waals surface area contributed by atoms with Crippen molar-refractivity contribution in [1.29, 1.82) is 0 Å². The highest BCUT2D eigenvalue weighted by Gasteiger charge is 2.32. The van der Waals surface area contributed by atoms with Gasteiger partial charge in [-0.05, 0) is 61.1 Å². The van der Waals surface area contributed by atoms with Crippen molar-refractivity contribution in [2.24, 2.45) is 5.92 Å². The minimum absolute atomic E-state index is 0.0410. The summed E-state index contributed by atoms with van der Waals surface area (Å²) in [6.07, 6.45) is 2.52. The average Bonchev–Trinajstić information content (AvgIpc) is 2.88. The Morgan fingerprint density at radius 1 is 0.912 bits per heavy atom.